The Morgan fingerprint density at radius 2 is 2.04 bits per heavy atom. The summed E-state index contributed by atoms with van der Waals surface area (Å²) in [6.07, 6.45) is -1.81. The van der Waals surface area contributed by atoms with Gasteiger partial charge in [-0.3, -0.25) is 4.79 Å². The number of amides is 1. The Hall–Kier alpha value is -1.27. The zero-order chi connectivity index (χ0) is 16.4. The largest absolute Gasteiger partial charge is 0.416 e. The lowest BCUT2D eigenvalue weighted by Crippen LogP contribution is -2.33. The fraction of sp³-hybridized carbons (Fsp3) is 0.562. The Balaban J connectivity index is 0.00000264. The van der Waals surface area contributed by atoms with Gasteiger partial charge in [-0.2, -0.15) is 13.2 Å². The van der Waals surface area contributed by atoms with Crippen molar-refractivity contribution in [3.05, 3.63) is 35.4 Å². The molecule has 1 atom stereocenters. The van der Waals surface area contributed by atoms with E-state index in [9.17, 15) is 18.0 Å². The Morgan fingerprint density at radius 1 is 1.39 bits per heavy atom. The molecule has 1 unspecified atom stereocenters. The van der Waals surface area contributed by atoms with Crippen LogP contribution in [0.25, 0.3) is 0 Å². The number of carbonyl (C=O) groups excluding carboxylic acids is 1. The Bertz CT molecular complexity index is 542. The maximum absolute atomic E-state index is 12.8. The highest BCUT2D eigenvalue weighted by atomic mass is 35.5. The number of carbonyl (C=O) groups is 1. The average molecular weight is 351 g/mol. The van der Waals surface area contributed by atoms with Crippen molar-refractivity contribution < 1.29 is 18.0 Å². The predicted octanol–water partition coefficient (Wildman–Crippen LogP) is 3.40. The number of rotatable bonds is 6. The zero-order valence-corrected chi connectivity index (χ0v) is 13.8. The first-order valence-corrected chi connectivity index (χ1v) is 7.43. The monoisotopic (exact) mass is 350 g/mol. The summed E-state index contributed by atoms with van der Waals surface area (Å²) in [5.74, 6) is -0.101. The highest BCUT2D eigenvalue weighted by molar-refractivity contribution is 5.85. The molecule has 1 saturated carbocycles. The molecule has 0 radical (unpaired) electrons. The molecular weight excluding hydrogens is 329 g/mol. The van der Waals surface area contributed by atoms with Crippen LogP contribution < -0.4 is 11.1 Å². The van der Waals surface area contributed by atoms with Gasteiger partial charge in [0.25, 0.3) is 0 Å². The summed E-state index contributed by atoms with van der Waals surface area (Å²) >= 11 is 0. The van der Waals surface area contributed by atoms with E-state index in [0.29, 0.717) is 24.9 Å². The van der Waals surface area contributed by atoms with Crippen molar-refractivity contribution >= 4 is 18.3 Å². The molecule has 2 rings (SSSR count). The minimum Gasteiger partial charge on any atom is -0.355 e. The number of nitrogens with two attached hydrogens (primary N) is 1. The number of halogens is 4. The minimum atomic E-state index is -4.34. The quantitative estimate of drug-likeness (QED) is 0.826. The Morgan fingerprint density at radius 3 is 2.57 bits per heavy atom. The molecule has 3 N–H and O–H groups in total. The van der Waals surface area contributed by atoms with Gasteiger partial charge in [0.1, 0.15) is 0 Å². The van der Waals surface area contributed by atoms with E-state index in [1.807, 2.05) is 6.92 Å². The molecule has 1 aromatic rings. The van der Waals surface area contributed by atoms with E-state index in [4.69, 9.17) is 5.73 Å². The van der Waals surface area contributed by atoms with Crippen LogP contribution in [-0.4, -0.2) is 18.5 Å². The molecule has 0 saturated heterocycles. The van der Waals surface area contributed by atoms with Crippen molar-refractivity contribution in [3.63, 3.8) is 0 Å². The molecule has 0 spiro atoms. The van der Waals surface area contributed by atoms with Crippen LogP contribution in [0.5, 0.6) is 0 Å². The maximum atomic E-state index is 12.8. The smallest absolute Gasteiger partial charge is 0.355 e. The topological polar surface area (TPSA) is 55.1 Å². The molecule has 1 amide bonds. The van der Waals surface area contributed by atoms with Crippen LogP contribution in [0, 0.1) is 0 Å². The summed E-state index contributed by atoms with van der Waals surface area (Å²) < 4.78 is 38.4. The molecule has 1 aliphatic carbocycles. The number of hydrogen-bond acceptors (Lipinski definition) is 2. The molecule has 0 bridgehead atoms. The molecule has 1 aromatic carbocycles. The van der Waals surface area contributed by atoms with Crippen molar-refractivity contribution in [3.8, 4) is 0 Å². The third-order valence-electron chi connectivity index (χ3n) is 4.11. The van der Waals surface area contributed by atoms with Crippen LogP contribution >= 0.6 is 12.4 Å². The van der Waals surface area contributed by atoms with Crippen molar-refractivity contribution in [2.45, 2.75) is 50.2 Å². The van der Waals surface area contributed by atoms with Crippen molar-refractivity contribution in [2.24, 2.45) is 5.73 Å². The van der Waals surface area contributed by atoms with Crippen molar-refractivity contribution in [1.29, 1.82) is 0 Å². The lowest BCUT2D eigenvalue weighted by atomic mass is 9.94. The first-order chi connectivity index (χ1) is 10.2. The van der Waals surface area contributed by atoms with Crippen LogP contribution in [0.3, 0.4) is 0 Å². The van der Waals surface area contributed by atoms with Gasteiger partial charge in [-0.1, -0.05) is 18.2 Å². The van der Waals surface area contributed by atoms with E-state index < -0.39 is 11.7 Å². The number of benzene rings is 1. The van der Waals surface area contributed by atoms with Gasteiger partial charge in [0.2, 0.25) is 5.91 Å². The van der Waals surface area contributed by atoms with Crippen LogP contribution in [-0.2, 0) is 16.4 Å². The SMILES string of the molecule is CC(N)CCC(=O)NCC1(c2cccc(C(F)(F)F)c2)CC1.Cl. The maximum Gasteiger partial charge on any atom is 0.416 e. The van der Waals surface area contributed by atoms with Crippen LogP contribution in [0.15, 0.2) is 24.3 Å². The van der Waals surface area contributed by atoms with Gasteiger partial charge in [0.05, 0.1) is 5.56 Å². The summed E-state index contributed by atoms with van der Waals surface area (Å²) in [4.78, 5) is 11.7. The Labute approximate surface area is 140 Å². The van der Waals surface area contributed by atoms with Crippen LogP contribution in [0.4, 0.5) is 13.2 Å². The van der Waals surface area contributed by atoms with Gasteiger partial charge in [0, 0.05) is 24.4 Å². The molecular formula is C16H22ClF3N2O. The second-order valence-corrected chi connectivity index (χ2v) is 6.15. The number of alkyl halides is 3. The van der Waals surface area contributed by atoms with Crippen molar-refractivity contribution in [2.75, 3.05) is 6.54 Å². The summed E-state index contributed by atoms with van der Waals surface area (Å²) in [7, 11) is 0. The van der Waals surface area contributed by atoms with Crippen molar-refractivity contribution in [1.82, 2.24) is 5.32 Å². The highest BCUT2D eigenvalue weighted by Crippen LogP contribution is 2.48. The van der Waals surface area contributed by atoms with Gasteiger partial charge < -0.3 is 11.1 Å². The molecule has 0 aromatic heterocycles. The van der Waals surface area contributed by atoms with E-state index in [2.05, 4.69) is 5.32 Å². The molecule has 130 valence electrons. The van der Waals surface area contributed by atoms with E-state index in [1.54, 1.807) is 6.07 Å². The Kier molecular flexibility index (Phi) is 6.48. The molecule has 1 fully saturated rings. The lowest BCUT2D eigenvalue weighted by molar-refractivity contribution is -0.137. The molecule has 1 aliphatic rings. The summed E-state index contributed by atoms with van der Waals surface area (Å²) in [5.41, 5.74) is 5.26. The van der Waals surface area contributed by atoms with Gasteiger partial charge in [0.15, 0.2) is 0 Å². The molecule has 23 heavy (non-hydrogen) atoms. The second kappa shape index (κ2) is 7.53. The normalized spacial score (nSPS) is 17.1. The first-order valence-electron chi connectivity index (χ1n) is 7.43. The van der Waals surface area contributed by atoms with Gasteiger partial charge in [-0.15, -0.1) is 12.4 Å². The first kappa shape index (κ1) is 19.8. The van der Waals surface area contributed by atoms with Gasteiger partial charge in [-0.25, -0.2) is 0 Å². The number of hydrogen-bond donors (Lipinski definition) is 2. The highest BCUT2D eigenvalue weighted by Gasteiger charge is 2.45. The molecule has 0 heterocycles. The fourth-order valence-corrected chi connectivity index (χ4v) is 2.46. The molecule has 3 nitrogen and oxygen atoms in total. The van der Waals surface area contributed by atoms with E-state index in [0.717, 1.165) is 18.9 Å². The summed E-state index contributed by atoms with van der Waals surface area (Å²) in [6, 6.07) is 5.36. The van der Waals surface area contributed by atoms with Gasteiger partial charge in [-0.05, 0) is 37.8 Å². The molecule has 0 aliphatic heterocycles. The van der Waals surface area contributed by atoms with Crippen LogP contribution in [0.2, 0.25) is 0 Å². The third-order valence-corrected chi connectivity index (χ3v) is 4.11. The molecule has 7 heteroatoms. The average Bonchev–Trinajstić information content (AvgIpc) is 3.23. The summed E-state index contributed by atoms with van der Waals surface area (Å²) in [5, 5.41) is 2.82. The lowest BCUT2D eigenvalue weighted by Gasteiger charge is -2.18. The standard InChI is InChI=1S/C16H21F3N2O.ClH/c1-11(20)5-6-14(22)21-10-15(7-8-15)12-3-2-4-13(9-12)16(17,18)19;/h2-4,9,11H,5-8,10,20H2,1H3,(H,21,22);1H. The summed E-state index contributed by atoms with van der Waals surface area (Å²) in [6.45, 7) is 2.21. The zero-order valence-electron chi connectivity index (χ0n) is 13.0. The second-order valence-electron chi connectivity index (χ2n) is 6.15. The number of nitrogens with one attached hydrogen (secondary N) is 1. The third kappa shape index (κ3) is 5.39. The van der Waals surface area contributed by atoms with Gasteiger partial charge >= 0.3 is 6.18 Å². The van der Waals surface area contributed by atoms with E-state index in [1.165, 1.54) is 12.1 Å². The van der Waals surface area contributed by atoms with E-state index >= 15 is 0 Å². The fourth-order valence-electron chi connectivity index (χ4n) is 2.46. The van der Waals surface area contributed by atoms with E-state index in [-0.39, 0.29) is 29.8 Å². The van der Waals surface area contributed by atoms with Crippen LogP contribution in [0.1, 0.15) is 43.7 Å². The predicted molar refractivity (Wildman–Crippen MR) is 85.5 cm³/mol. The minimum absolute atomic E-state index is 0.